The summed E-state index contributed by atoms with van der Waals surface area (Å²) >= 11 is 0. The molecule has 3 nitrogen and oxygen atoms in total. The predicted molar refractivity (Wildman–Crippen MR) is 84.3 cm³/mol. The van der Waals surface area contributed by atoms with Crippen LogP contribution in [0.15, 0.2) is 48.5 Å². The molecule has 2 aromatic rings. The zero-order valence-electron chi connectivity index (χ0n) is 12.8. The summed E-state index contributed by atoms with van der Waals surface area (Å²) in [5.74, 6) is 0.730. The highest BCUT2D eigenvalue weighted by atomic mass is 16.5. The van der Waals surface area contributed by atoms with Crippen LogP contribution in [0.4, 0.5) is 0 Å². The van der Waals surface area contributed by atoms with Gasteiger partial charge in [-0.2, -0.15) is 0 Å². The number of carbonyl (C=O) groups is 1. The average Bonchev–Trinajstić information content (AvgIpc) is 2.48. The normalized spacial score (nSPS) is 10.2. The Hall–Kier alpha value is -2.29. The highest BCUT2D eigenvalue weighted by Crippen LogP contribution is 2.16. The van der Waals surface area contributed by atoms with Crippen LogP contribution in [-0.2, 0) is 11.3 Å². The molecule has 110 valence electrons. The topological polar surface area (TPSA) is 29.5 Å². The molecule has 1 amide bonds. The minimum atomic E-state index is -0.0289. The average molecular weight is 283 g/mol. The van der Waals surface area contributed by atoms with Crippen molar-refractivity contribution in [3.8, 4) is 5.75 Å². The van der Waals surface area contributed by atoms with Gasteiger partial charge < -0.3 is 9.64 Å². The number of rotatable bonds is 5. The lowest BCUT2D eigenvalue weighted by molar-refractivity contribution is -0.132. The Labute approximate surface area is 126 Å². The smallest absolute Gasteiger partial charge is 0.260 e. The Bertz CT molecular complexity index is 605. The van der Waals surface area contributed by atoms with Crippen LogP contribution in [0, 0.1) is 13.8 Å². The van der Waals surface area contributed by atoms with Crippen molar-refractivity contribution in [1.82, 2.24) is 4.90 Å². The number of ether oxygens (including phenoxy) is 1. The van der Waals surface area contributed by atoms with E-state index in [1.807, 2.05) is 43.3 Å². The van der Waals surface area contributed by atoms with Crippen molar-refractivity contribution in [2.24, 2.45) is 0 Å². The molecule has 0 fully saturated rings. The molecular formula is C18H21NO2. The van der Waals surface area contributed by atoms with Gasteiger partial charge in [-0.3, -0.25) is 4.79 Å². The number of aryl methyl sites for hydroxylation is 2. The van der Waals surface area contributed by atoms with Crippen molar-refractivity contribution in [3.05, 3.63) is 65.2 Å². The molecule has 0 atom stereocenters. The standard InChI is InChI=1S/C18H21NO2/c1-14-8-10-16(11-9-14)12-19(3)18(20)13-21-17-7-5-4-6-15(17)2/h4-11H,12-13H2,1-3H3. The Morgan fingerprint density at radius 2 is 1.71 bits per heavy atom. The van der Waals surface area contributed by atoms with E-state index in [0.29, 0.717) is 6.54 Å². The van der Waals surface area contributed by atoms with E-state index in [1.165, 1.54) is 5.56 Å². The first-order valence-corrected chi connectivity index (χ1v) is 7.04. The number of nitrogens with zero attached hydrogens (tertiary/aromatic N) is 1. The molecule has 0 N–H and O–H groups in total. The van der Waals surface area contributed by atoms with Gasteiger partial charge in [-0.1, -0.05) is 48.0 Å². The maximum Gasteiger partial charge on any atom is 0.260 e. The van der Waals surface area contributed by atoms with Crippen molar-refractivity contribution in [3.63, 3.8) is 0 Å². The highest BCUT2D eigenvalue weighted by molar-refractivity contribution is 5.77. The largest absolute Gasteiger partial charge is 0.484 e. The predicted octanol–water partition coefficient (Wildman–Crippen LogP) is 3.34. The fraction of sp³-hybridized carbons (Fsp3) is 0.278. The third kappa shape index (κ3) is 4.35. The van der Waals surface area contributed by atoms with E-state index in [2.05, 4.69) is 19.1 Å². The summed E-state index contributed by atoms with van der Waals surface area (Å²) in [6.45, 7) is 4.67. The van der Waals surface area contributed by atoms with Crippen molar-refractivity contribution in [2.75, 3.05) is 13.7 Å². The molecule has 2 aromatic carbocycles. The summed E-state index contributed by atoms with van der Waals surface area (Å²) in [6.07, 6.45) is 0. The minimum absolute atomic E-state index is 0.0289. The Morgan fingerprint density at radius 1 is 1.05 bits per heavy atom. The van der Waals surface area contributed by atoms with Crippen LogP contribution in [0.2, 0.25) is 0 Å². The quantitative estimate of drug-likeness (QED) is 0.842. The second kappa shape index (κ2) is 6.93. The molecule has 21 heavy (non-hydrogen) atoms. The summed E-state index contributed by atoms with van der Waals surface area (Å²) in [5, 5.41) is 0. The van der Waals surface area contributed by atoms with E-state index < -0.39 is 0 Å². The van der Waals surface area contributed by atoms with E-state index in [0.717, 1.165) is 16.9 Å². The molecule has 0 aliphatic carbocycles. The van der Waals surface area contributed by atoms with Gasteiger partial charge in [0, 0.05) is 13.6 Å². The van der Waals surface area contributed by atoms with Gasteiger partial charge in [0.15, 0.2) is 6.61 Å². The van der Waals surface area contributed by atoms with Gasteiger partial charge in [0.2, 0.25) is 0 Å². The van der Waals surface area contributed by atoms with Crippen molar-refractivity contribution >= 4 is 5.91 Å². The first-order chi connectivity index (χ1) is 10.1. The van der Waals surface area contributed by atoms with Gasteiger partial charge in [-0.05, 0) is 31.0 Å². The van der Waals surface area contributed by atoms with Crippen LogP contribution in [0.5, 0.6) is 5.75 Å². The SMILES string of the molecule is Cc1ccc(CN(C)C(=O)COc2ccccc2C)cc1. The third-order valence-corrected chi connectivity index (χ3v) is 3.41. The number of benzene rings is 2. The molecule has 0 aliphatic rings. The molecule has 3 heteroatoms. The zero-order valence-corrected chi connectivity index (χ0v) is 12.8. The number of amides is 1. The first-order valence-electron chi connectivity index (χ1n) is 7.04. The summed E-state index contributed by atoms with van der Waals surface area (Å²) in [6, 6.07) is 15.9. The number of hydrogen-bond donors (Lipinski definition) is 0. The Morgan fingerprint density at radius 3 is 2.38 bits per heavy atom. The lowest BCUT2D eigenvalue weighted by Crippen LogP contribution is -2.31. The summed E-state index contributed by atoms with van der Waals surface area (Å²) in [5.41, 5.74) is 3.37. The molecule has 0 saturated carbocycles. The van der Waals surface area contributed by atoms with Crippen molar-refractivity contribution in [2.45, 2.75) is 20.4 Å². The zero-order chi connectivity index (χ0) is 15.2. The summed E-state index contributed by atoms with van der Waals surface area (Å²) < 4.78 is 5.59. The van der Waals surface area contributed by atoms with E-state index in [4.69, 9.17) is 4.74 Å². The Balaban J connectivity index is 1.88. The van der Waals surface area contributed by atoms with Crippen LogP contribution in [-0.4, -0.2) is 24.5 Å². The molecule has 2 rings (SSSR count). The van der Waals surface area contributed by atoms with E-state index in [9.17, 15) is 4.79 Å². The van der Waals surface area contributed by atoms with Crippen molar-refractivity contribution in [1.29, 1.82) is 0 Å². The van der Waals surface area contributed by atoms with Gasteiger partial charge in [0.05, 0.1) is 0 Å². The number of carbonyl (C=O) groups excluding carboxylic acids is 1. The molecule has 0 unspecified atom stereocenters. The number of para-hydroxylation sites is 1. The van der Waals surface area contributed by atoms with Gasteiger partial charge in [0.1, 0.15) is 5.75 Å². The van der Waals surface area contributed by atoms with E-state index in [1.54, 1.807) is 11.9 Å². The molecule has 0 bridgehead atoms. The summed E-state index contributed by atoms with van der Waals surface area (Å²) in [7, 11) is 1.80. The van der Waals surface area contributed by atoms with Crippen LogP contribution in [0.25, 0.3) is 0 Å². The molecule has 0 radical (unpaired) electrons. The number of hydrogen-bond acceptors (Lipinski definition) is 2. The van der Waals surface area contributed by atoms with Crippen LogP contribution in [0.1, 0.15) is 16.7 Å². The Kier molecular flexibility index (Phi) is 4.99. The van der Waals surface area contributed by atoms with Gasteiger partial charge in [-0.15, -0.1) is 0 Å². The lowest BCUT2D eigenvalue weighted by Gasteiger charge is -2.18. The summed E-state index contributed by atoms with van der Waals surface area (Å²) in [4.78, 5) is 13.8. The molecule has 0 aliphatic heterocycles. The first kappa shape index (κ1) is 15.1. The van der Waals surface area contributed by atoms with Crippen LogP contribution >= 0.6 is 0 Å². The van der Waals surface area contributed by atoms with E-state index in [-0.39, 0.29) is 12.5 Å². The second-order valence-corrected chi connectivity index (χ2v) is 5.29. The second-order valence-electron chi connectivity index (χ2n) is 5.29. The minimum Gasteiger partial charge on any atom is -0.484 e. The van der Waals surface area contributed by atoms with Crippen LogP contribution < -0.4 is 4.74 Å². The lowest BCUT2D eigenvalue weighted by atomic mass is 10.1. The number of likely N-dealkylation sites (N-methyl/N-ethyl adjacent to an activating group) is 1. The maximum absolute atomic E-state index is 12.1. The molecule has 0 saturated heterocycles. The molecule has 0 spiro atoms. The monoisotopic (exact) mass is 283 g/mol. The third-order valence-electron chi connectivity index (χ3n) is 3.41. The fourth-order valence-corrected chi connectivity index (χ4v) is 2.02. The van der Waals surface area contributed by atoms with Crippen molar-refractivity contribution < 1.29 is 9.53 Å². The molecule has 0 heterocycles. The van der Waals surface area contributed by atoms with Crippen LogP contribution in [0.3, 0.4) is 0 Å². The highest BCUT2D eigenvalue weighted by Gasteiger charge is 2.10. The van der Waals surface area contributed by atoms with E-state index >= 15 is 0 Å². The molecular weight excluding hydrogens is 262 g/mol. The maximum atomic E-state index is 12.1. The molecule has 0 aromatic heterocycles. The van der Waals surface area contributed by atoms with Gasteiger partial charge in [0.25, 0.3) is 5.91 Å². The van der Waals surface area contributed by atoms with Gasteiger partial charge >= 0.3 is 0 Å². The van der Waals surface area contributed by atoms with Gasteiger partial charge in [-0.25, -0.2) is 0 Å². The fourth-order valence-electron chi connectivity index (χ4n) is 2.02.